The molecule has 0 amide bonds. The average Bonchev–Trinajstić information content (AvgIpc) is 2.38. The Morgan fingerprint density at radius 2 is 1.88 bits per heavy atom. The van der Waals surface area contributed by atoms with Gasteiger partial charge in [-0.1, -0.05) is 0 Å². The Labute approximate surface area is 103 Å². The molecule has 0 unspecified atom stereocenters. The Balaban J connectivity index is 2.49. The number of nitrogens with one attached hydrogen (secondary N) is 1. The molecule has 0 saturated heterocycles. The minimum atomic E-state index is 0.731. The third-order valence-electron chi connectivity index (χ3n) is 2.54. The van der Waals surface area contributed by atoms with Crippen LogP contribution in [0, 0.1) is 0 Å². The van der Waals surface area contributed by atoms with E-state index in [0.717, 1.165) is 43.2 Å². The van der Waals surface area contributed by atoms with Crippen LogP contribution in [0.3, 0.4) is 0 Å². The quantitative estimate of drug-likeness (QED) is 0.698. The molecular weight excluding hydrogens is 218 g/mol. The summed E-state index contributed by atoms with van der Waals surface area (Å²) in [6, 6.07) is 5.85. The fourth-order valence-electron chi connectivity index (χ4n) is 1.60. The standard InChI is InChI=1S/C13H21NO3/c1-15-9-8-14-7-6-11-10-12(16-2)4-5-13(11)17-3/h4-5,10,14H,6-9H2,1-3H3. The Hall–Kier alpha value is -1.26. The molecule has 0 aliphatic carbocycles. The fourth-order valence-corrected chi connectivity index (χ4v) is 1.60. The first kappa shape index (κ1) is 13.8. The number of ether oxygens (including phenoxy) is 3. The summed E-state index contributed by atoms with van der Waals surface area (Å²) < 4.78 is 15.5. The molecule has 17 heavy (non-hydrogen) atoms. The molecule has 0 spiro atoms. The summed E-state index contributed by atoms with van der Waals surface area (Å²) in [6.45, 7) is 2.49. The molecule has 1 aromatic carbocycles. The van der Waals surface area contributed by atoms with Gasteiger partial charge in [0.1, 0.15) is 11.5 Å². The van der Waals surface area contributed by atoms with E-state index in [2.05, 4.69) is 5.32 Å². The van der Waals surface area contributed by atoms with Gasteiger partial charge in [-0.2, -0.15) is 0 Å². The van der Waals surface area contributed by atoms with Gasteiger partial charge in [0.2, 0.25) is 0 Å². The van der Waals surface area contributed by atoms with Gasteiger partial charge in [0.25, 0.3) is 0 Å². The van der Waals surface area contributed by atoms with Gasteiger partial charge in [-0.25, -0.2) is 0 Å². The highest BCUT2D eigenvalue weighted by atomic mass is 16.5. The van der Waals surface area contributed by atoms with Gasteiger partial charge >= 0.3 is 0 Å². The zero-order valence-electron chi connectivity index (χ0n) is 10.8. The van der Waals surface area contributed by atoms with Crippen LogP contribution in [0.4, 0.5) is 0 Å². The van der Waals surface area contributed by atoms with E-state index < -0.39 is 0 Å². The second-order valence-electron chi connectivity index (χ2n) is 3.67. The molecule has 1 rings (SSSR count). The molecule has 4 nitrogen and oxygen atoms in total. The Kier molecular flexibility index (Phi) is 6.43. The topological polar surface area (TPSA) is 39.7 Å². The van der Waals surface area contributed by atoms with Crippen molar-refractivity contribution in [2.45, 2.75) is 6.42 Å². The lowest BCUT2D eigenvalue weighted by atomic mass is 10.1. The molecule has 0 saturated carbocycles. The van der Waals surface area contributed by atoms with Crippen LogP contribution in [0.2, 0.25) is 0 Å². The highest BCUT2D eigenvalue weighted by Gasteiger charge is 2.04. The van der Waals surface area contributed by atoms with Crippen molar-refractivity contribution in [3.05, 3.63) is 23.8 Å². The van der Waals surface area contributed by atoms with E-state index in [1.807, 2.05) is 18.2 Å². The number of hydrogen-bond donors (Lipinski definition) is 1. The lowest BCUT2D eigenvalue weighted by Crippen LogP contribution is -2.21. The third-order valence-corrected chi connectivity index (χ3v) is 2.54. The van der Waals surface area contributed by atoms with Crippen molar-refractivity contribution >= 4 is 0 Å². The maximum Gasteiger partial charge on any atom is 0.122 e. The van der Waals surface area contributed by atoms with E-state index >= 15 is 0 Å². The molecular formula is C13H21NO3. The first-order valence-corrected chi connectivity index (χ1v) is 5.72. The van der Waals surface area contributed by atoms with Crippen molar-refractivity contribution in [2.75, 3.05) is 41.0 Å². The number of rotatable bonds is 8. The van der Waals surface area contributed by atoms with Gasteiger partial charge in [0.15, 0.2) is 0 Å². The van der Waals surface area contributed by atoms with Gasteiger partial charge in [-0.15, -0.1) is 0 Å². The van der Waals surface area contributed by atoms with Crippen LogP contribution in [0.5, 0.6) is 11.5 Å². The largest absolute Gasteiger partial charge is 0.497 e. The first-order valence-electron chi connectivity index (χ1n) is 5.72. The minimum Gasteiger partial charge on any atom is -0.497 e. The Morgan fingerprint density at radius 3 is 2.53 bits per heavy atom. The summed E-state index contributed by atoms with van der Waals surface area (Å²) in [5.74, 6) is 1.76. The predicted octanol–water partition coefficient (Wildman–Crippen LogP) is 1.48. The zero-order valence-corrected chi connectivity index (χ0v) is 10.8. The van der Waals surface area contributed by atoms with Gasteiger partial charge < -0.3 is 19.5 Å². The fraction of sp³-hybridized carbons (Fsp3) is 0.538. The lowest BCUT2D eigenvalue weighted by Gasteiger charge is -2.10. The molecule has 0 heterocycles. The summed E-state index contributed by atoms with van der Waals surface area (Å²) in [5.41, 5.74) is 1.15. The number of hydrogen-bond acceptors (Lipinski definition) is 4. The van der Waals surface area contributed by atoms with Crippen molar-refractivity contribution in [2.24, 2.45) is 0 Å². The van der Waals surface area contributed by atoms with E-state index in [-0.39, 0.29) is 0 Å². The van der Waals surface area contributed by atoms with Crippen molar-refractivity contribution in [1.82, 2.24) is 5.32 Å². The summed E-state index contributed by atoms with van der Waals surface area (Å²) in [4.78, 5) is 0. The van der Waals surface area contributed by atoms with Crippen LogP contribution in [-0.4, -0.2) is 41.0 Å². The van der Waals surface area contributed by atoms with Crippen molar-refractivity contribution in [3.8, 4) is 11.5 Å². The molecule has 0 bridgehead atoms. The number of benzene rings is 1. The van der Waals surface area contributed by atoms with E-state index in [1.165, 1.54) is 0 Å². The maximum absolute atomic E-state index is 5.31. The van der Waals surface area contributed by atoms with Crippen molar-refractivity contribution in [3.63, 3.8) is 0 Å². The van der Waals surface area contributed by atoms with Crippen LogP contribution in [0.1, 0.15) is 5.56 Å². The van der Waals surface area contributed by atoms with Crippen molar-refractivity contribution in [1.29, 1.82) is 0 Å². The summed E-state index contributed by atoms with van der Waals surface area (Å²) in [6.07, 6.45) is 0.907. The van der Waals surface area contributed by atoms with Crippen molar-refractivity contribution < 1.29 is 14.2 Å². The van der Waals surface area contributed by atoms with Crippen LogP contribution in [-0.2, 0) is 11.2 Å². The summed E-state index contributed by atoms with van der Waals surface area (Å²) in [7, 11) is 5.05. The highest BCUT2D eigenvalue weighted by molar-refractivity contribution is 5.40. The van der Waals surface area contributed by atoms with E-state index in [9.17, 15) is 0 Å². The molecule has 0 aliphatic heterocycles. The lowest BCUT2D eigenvalue weighted by molar-refractivity contribution is 0.199. The van der Waals surface area contributed by atoms with E-state index in [0.29, 0.717) is 0 Å². The molecule has 4 heteroatoms. The predicted molar refractivity (Wildman–Crippen MR) is 68.0 cm³/mol. The normalized spacial score (nSPS) is 10.3. The smallest absolute Gasteiger partial charge is 0.122 e. The summed E-state index contributed by atoms with van der Waals surface area (Å²) in [5, 5.41) is 3.30. The first-order chi connectivity index (χ1) is 8.31. The van der Waals surface area contributed by atoms with Crippen LogP contribution in [0.15, 0.2) is 18.2 Å². The van der Waals surface area contributed by atoms with E-state index in [1.54, 1.807) is 21.3 Å². The molecule has 0 atom stereocenters. The maximum atomic E-state index is 5.31. The molecule has 1 N–H and O–H groups in total. The molecule has 0 aromatic heterocycles. The van der Waals surface area contributed by atoms with Gasteiger partial charge in [-0.3, -0.25) is 0 Å². The number of methoxy groups -OCH3 is 3. The monoisotopic (exact) mass is 239 g/mol. The molecule has 0 fully saturated rings. The average molecular weight is 239 g/mol. The third kappa shape index (κ3) is 4.63. The molecule has 0 aliphatic rings. The van der Waals surface area contributed by atoms with Gasteiger partial charge in [-0.05, 0) is 36.7 Å². The zero-order chi connectivity index (χ0) is 12.5. The van der Waals surface area contributed by atoms with Crippen LogP contribution in [0.25, 0.3) is 0 Å². The Bertz CT molecular complexity index is 328. The van der Waals surface area contributed by atoms with Crippen LogP contribution >= 0.6 is 0 Å². The Morgan fingerprint density at radius 1 is 1.06 bits per heavy atom. The molecule has 96 valence electrons. The van der Waals surface area contributed by atoms with Gasteiger partial charge in [0, 0.05) is 13.7 Å². The second kappa shape index (κ2) is 7.92. The van der Waals surface area contributed by atoms with E-state index in [4.69, 9.17) is 14.2 Å². The highest BCUT2D eigenvalue weighted by Crippen LogP contribution is 2.23. The molecule has 0 radical (unpaired) electrons. The minimum absolute atomic E-state index is 0.731. The van der Waals surface area contributed by atoms with Gasteiger partial charge in [0.05, 0.1) is 20.8 Å². The molecule has 1 aromatic rings. The SMILES string of the molecule is COCCNCCc1cc(OC)ccc1OC. The second-order valence-corrected chi connectivity index (χ2v) is 3.67. The summed E-state index contributed by atoms with van der Waals surface area (Å²) >= 11 is 0. The van der Waals surface area contributed by atoms with Crippen LogP contribution < -0.4 is 14.8 Å².